The summed E-state index contributed by atoms with van der Waals surface area (Å²) >= 11 is 0. The van der Waals surface area contributed by atoms with E-state index >= 15 is 0 Å². The second-order valence-electron chi connectivity index (χ2n) is 0.780. The summed E-state index contributed by atoms with van der Waals surface area (Å²) in [7, 11) is -2.51. The van der Waals surface area contributed by atoms with E-state index in [9.17, 15) is 13.6 Å². The molecule has 0 saturated carbocycles. The van der Waals surface area contributed by atoms with Crippen molar-refractivity contribution in [1.29, 1.82) is 5.26 Å². The Morgan fingerprint density at radius 3 is 1.36 bits per heavy atom. The summed E-state index contributed by atoms with van der Waals surface area (Å²) in [5.74, 6) is 0. The summed E-state index contributed by atoms with van der Waals surface area (Å²) < 4.78 is 31.3. The van der Waals surface area contributed by atoms with Gasteiger partial charge in [-0.15, -0.1) is 0 Å². The van der Waals surface area contributed by atoms with Crippen molar-refractivity contribution in [2.45, 2.75) is 6.92 Å². The van der Waals surface area contributed by atoms with E-state index < -0.39 is 7.32 Å². The van der Waals surface area contributed by atoms with Gasteiger partial charge in [-0.2, -0.15) is 19.8 Å². The molecule has 0 heterocycles. The van der Waals surface area contributed by atoms with Crippen LogP contribution in [0.25, 0.3) is 0 Å². The Labute approximate surface area is 104 Å². The van der Waals surface area contributed by atoms with E-state index in [0.717, 1.165) is 0 Å². The zero-order valence-corrected chi connectivity index (χ0v) is 4.88. The van der Waals surface area contributed by atoms with Crippen LogP contribution >= 0.6 is 0 Å². The molecule has 0 fully saturated rings. The molecule has 0 aromatic carbocycles. The van der Waals surface area contributed by atoms with Gasteiger partial charge < -0.3 is 0 Å². The molecule has 11 heavy (non-hydrogen) atoms. The summed E-state index contributed by atoms with van der Waals surface area (Å²) in [5.41, 5.74) is 0. The van der Waals surface area contributed by atoms with Crippen LogP contribution in [-0.2, 0) is 14.6 Å². The van der Waals surface area contributed by atoms with Crippen LogP contribution in [-0.4, -0.2) is 58.7 Å². The van der Waals surface area contributed by atoms with Crippen LogP contribution in [0.4, 0.5) is 13.6 Å². The van der Waals surface area contributed by atoms with Crippen molar-refractivity contribution in [3.05, 3.63) is 0 Å². The molecule has 0 unspecified atom stereocenters. The molecule has 0 aromatic rings. The number of rotatable bonds is 3. The van der Waals surface area contributed by atoms with Crippen LogP contribution in [0.3, 0.4) is 0 Å². The van der Waals surface area contributed by atoms with Gasteiger partial charge in [0.25, 0.3) is 0 Å². The monoisotopic (exact) mass is 197 g/mol. The minimum absolute atomic E-state index is 0. The second kappa shape index (κ2) is 17.1. The Bertz CT molecular complexity index is 93.6. The molecule has 0 aliphatic rings. The van der Waals surface area contributed by atoms with Gasteiger partial charge in [0, 0.05) is 6.92 Å². The zero-order valence-electron chi connectivity index (χ0n) is 4.88. The number of nitrogens with zero attached hydrogens (tertiary/aromatic N) is 1. The number of hydrogen-bond donors (Lipinski definition) is 0. The van der Waals surface area contributed by atoms with Gasteiger partial charge in [-0.1, -0.05) is 13.6 Å². The Hall–Kier alpha value is 0.861. The Morgan fingerprint density at radius 1 is 1.18 bits per heavy atom. The molecule has 0 amide bonds. The van der Waals surface area contributed by atoms with Crippen LogP contribution in [0, 0.1) is 11.3 Å². The second-order valence-corrected chi connectivity index (χ2v) is 0.780. The standard InChI is InChI=1S/C2H3N.BF3O3.K.H/c1-2-3;2-5-1(6-3)7-4;;/h1H3;;;. The van der Waals surface area contributed by atoms with Crippen LogP contribution in [0.2, 0.25) is 0 Å². The van der Waals surface area contributed by atoms with E-state index in [4.69, 9.17) is 5.26 Å². The third-order valence-corrected chi connectivity index (χ3v) is 0.218. The predicted molar refractivity (Wildman–Crippen MR) is 30.8 cm³/mol. The maximum absolute atomic E-state index is 10.4. The number of nitriles is 1. The first-order chi connectivity index (χ1) is 4.76. The number of halogens is 3. The molecule has 0 saturated heterocycles. The van der Waals surface area contributed by atoms with Gasteiger partial charge in [0.05, 0.1) is 6.07 Å². The zero-order chi connectivity index (χ0) is 8.41. The molecule has 0 radical (unpaired) electrons. The summed E-state index contributed by atoms with van der Waals surface area (Å²) in [6, 6.07) is 1.75. The average molecular weight is 197 g/mol. The topological polar surface area (TPSA) is 51.5 Å². The number of hydrogen-bond acceptors (Lipinski definition) is 4. The van der Waals surface area contributed by atoms with Crippen LogP contribution in [0.1, 0.15) is 6.92 Å². The molecule has 0 aromatic heterocycles. The van der Waals surface area contributed by atoms with Crippen LogP contribution in [0.5, 0.6) is 0 Å². The van der Waals surface area contributed by atoms with Gasteiger partial charge in [0.2, 0.25) is 0 Å². The third-order valence-electron chi connectivity index (χ3n) is 0.218. The molecule has 0 rings (SSSR count). The molecule has 0 spiro atoms. The molecule has 0 atom stereocenters. The molecule has 0 bridgehead atoms. The van der Waals surface area contributed by atoms with Gasteiger partial charge in [-0.05, 0) is 0 Å². The first-order valence-electron chi connectivity index (χ1n) is 1.89. The Kier molecular flexibility index (Phi) is 27.7. The first-order valence-corrected chi connectivity index (χ1v) is 1.89. The van der Waals surface area contributed by atoms with Gasteiger partial charge in [-0.25, -0.2) is 0 Å². The SMILES string of the molecule is CC#N.FOB(OF)OF.[KH]. The Morgan fingerprint density at radius 2 is 1.36 bits per heavy atom. The van der Waals surface area contributed by atoms with Crippen LogP contribution in [0.15, 0.2) is 0 Å². The summed E-state index contributed by atoms with van der Waals surface area (Å²) in [6.45, 7) is 1.43. The quantitative estimate of drug-likeness (QED) is 0.620. The van der Waals surface area contributed by atoms with E-state index in [2.05, 4.69) is 14.6 Å². The fourth-order valence-corrected chi connectivity index (χ4v) is 0.0412. The van der Waals surface area contributed by atoms with Crippen LogP contribution < -0.4 is 0 Å². The van der Waals surface area contributed by atoms with E-state index in [0.29, 0.717) is 0 Å². The van der Waals surface area contributed by atoms with Gasteiger partial charge in [0.1, 0.15) is 0 Å². The van der Waals surface area contributed by atoms with Gasteiger partial charge in [0.15, 0.2) is 0 Å². The molecule has 0 aliphatic carbocycles. The van der Waals surface area contributed by atoms with E-state index in [-0.39, 0.29) is 51.4 Å². The summed E-state index contributed by atoms with van der Waals surface area (Å²) in [6.07, 6.45) is 0. The fraction of sp³-hybridized carbons (Fsp3) is 0.500. The van der Waals surface area contributed by atoms with Crippen molar-refractivity contribution >= 4 is 58.7 Å². The molecule has 0 aliphatic heterocycles. The van der Waals surface area contributed by atoms with Crippen molar-refractivity contribution in [2.24, 2.45) is 0 Å². The van der Waals surface area contributed by atoms with Crippen molar-refractivity contribution in [3.8, 4) is 6.07 Å². The first kappa shape index (κ1) is 17.8. The average Bonchev–Trinajstić information content (AvgIpc) is 1.93. The molecule has 0 N–H and O–H groups in total. The van der Waals surface area contributed by atoms with Gasteiger partial charge in [-0.3, -0.25) is 0 Å². The molecular weight excluding hydrogens is 193 g/mol. The fourth-order valence-electron chi connectivity index (χ4n) is 0.0412. The molecule has 9 heteroatoms. The minimum atomic E-state index is -2.51. The van der Waals surface area contributed by atoms with Crippen molar-refractivity contribution in [1.82, 2.24) is 0 Å². The van der Waals surface area contributed by atoms with Crippen molar-refractivity contribution < 1.29 is 28.2 Å². The van der Waals surface area contributed by atoms with Crippen molar-refractivity contribution in [2.75, 3.05) is 0 Å². The molecular formula is C2H4BF3KNO3. The van der Waals surface area contributed by atoms with E-state index in [1.807, 2.05) is 0 Å². The third kappa shape index (κ3) is 18.1. The van der Waals surface area contributed by atoms with E-state index in [1.54, 1.807) is 6.07 Å². The molecule has 4 nitrogen and oxygen atoms in total. The Balaban J connectivity index is -0.000000140. The van der Waals surface area contributed by atoms with E-state index in [1.165, 1.54) is 6.92 Å². The summed E-state index contributed by atoms with van der Waals surface area (Å²) in [4.78, 5) is 7.06. The predicted octanol–water partition coefficient (Wildman–Crippen LogP) is 0.556. The van der Waals surface area contributed by atoms with Crippen molar-refractivity contribution in [3.63, 3.8) is 0 Å². The normalized spacial score (nSPS) is 6.45. The van der Waals surface area contributed by atoms with Gasteiger partial charge >= 0.3 is 58.7 Å². The molecule has 60 valence electrons. The summed E-state index contributed by atoms with van der Waals surface area (Å²) in [5, 5.41) is 7.32. The maximum atomic E-state index is 10.4.